The maximum Gasteiger partial charge on any atom is 0.309 e. The molecule has 1 aromatic rings. The second kappa shape index (κ2) is 5.34. The van der Waals surface area contributed by atoms with E-state index >= 15 is 0 Å². The second-order valence-corrected chi connectivity index (χ2v) is 4.98. The molecule has 0 saturated carbocycles. The molecule has 0 aliphatic rings. The minimum atomic E-state index is -0.569. The zero-order valence-corrected chi connectivity index (χ0v) is 11.2. The van der Waals surface area contributed by atoms with Crippen molar-refractivity contribution >= 4 is 21.9 Å². The number of halogens is 1. The van der Waals surface area contributed by atoms with Crippen LogP contribution < -0.4 is 4.74 Å². The van der Waals surface area contributed by atoms with Gasteiger partial charge in [-0.3, -0.25) is 4.79 Å². The summed E-state index contributed by atoms with van der Waals surface area (Å²) in [7, 11) is 1.37. The summed E-state index contributed by atoms with van der Waals surface area (Å²) >= 11 is 3.35. The number of hydrogen-bond donors (Lipinski definition) is 0. The van der Waals surface area contributed by atoms with E-state index in [9.17, 15) is 4.79 Å². The molecule has 0 spiro atoms. The fraction of sp³-hybridized carbons (Fsp3) is 0.417. The predicted octanol–water partition coefficient (Wildman–Crippen LogP) is 3.17. The Morgan fingerprint density at radius 2 is 1.88 bits per heavy atom. The molecule has 88 valence electrons. The molecular formula is C12H15BrO3. The second-order valence-electron chi connectivity index (χ2n) is 4.07. The highest BCUT2D eigenvalue weighted by molar-refractivity contribution is 9.10. The van der Waals surface area contributed by atoms with E-state index in [2.05, 4.69) is 20.7 Å². The van der Waals surface area contributed by atoms with Crippen LogP contribution in [0.1, 0.15) is 20.3 Å². The molecule has 16 heavy (non-hydrogen) atoms. The van der Waals surface area contributed by atoms with Gasteiger partial charge in [0.2, 0.25) is 0 Å². The van der Waals surface area contributed by atoms with E-state index in [0.717, 1.165) is 10.2 Å². The fourth-order valence-electron chi connectivity index (χ4n) is 1.28. The molecule has 0 aliphatic heterocycles. The van der Waals surface area contributed by atoms with Gasteiger partial charge >= 0.3 is 5.97 Å². The summed E-state index contributed by atoms with van der Waals surface area (Å²) in [5.41, 5.74) is -0.569. The molecule has 0 N–H and O–H groups in total. The minimum absolute atomic E-state index is 0.222. The van der Waals surface area contributed by atoms with Crippen molar-refractivity contribution in [3.8, 4) is 5.75 Å². The molecule has 4 heteroatoms. The third kappa shape index (κ3) is 4.23. The van der Waals surface area contributed by atoms with Gasteiger partial charge in [-0.25, -0.2) is 0 Å². The van der Waals surface area contributed by atoms with Gasteiger partial charge in [-0.2, -0.15) is 0 Å². The van der Waals surface area contributed by atoms with Gasteiger partial charge in [0.1, 0.15) is 11.4 Å². The number of carbonyl (C=O) groups excluding carboxylic acids is 1. The molecule has 0 amide bonds. The number of ether oxygens (including phenoxy) is 2. The van der Waals surface area contributed by atoms with Crippen LogP contribution in [0, 0.1) is 0 Å². The summed E-state index contributed by atoms with van der Waals surface area (Å²) in [6, 6.07) is 7.49. The van der Waals surface area contributed by atoms with Crippen molar-refractivity contribution in [1.29, 1.82) is 0 Å². The summed E-state index contributed by atoms with van der Waals surface area (Å²) in [5.74, 6) is 0.458. The van der Waals surface area contributed by atoms with Gasteiger partial charge in [-0.1, -0.05) is 15.9 Å². The predicted molar refractivity (Wildman–Crippen MR) is 65.5 cm³/mol. The number of carbonyl (C=O) groups is 1. The van der Waals surface area contributed by atoms with Gasteiger partial charge in [0.15, 0.2) is 0 Å². The van der Waals surface area contributed by atoms with Crippen LogP contribution in [0.5, 0.6) is 5.75 Å². The van der Waals surface area contributed by atoms with Crippen LogP contribution in [-0.4, -0.2) is 18.7 Å². The maximum absolute atomic E-state index is 11.2. The lowest BCUT2D eigenvalue weighted by atomic mass is 10.1. The lowest BCUT2D eigenvalue weighted by Gasteiger charge is -2.25. The van der Waals surface area contributed by atoms with E-state index in [1.807, 2.05) is 38.1 Å². The highest BCUT2D eigenvalue weighted by atomic mass is 79.9. The van der Waals surface area contributed by atoms with Crippen molar-refractivity contribution in [1.82, 2.24) is 0 Å². The third-order valence-electron chi connectivity index (χ3n) is 2.01. The molecule has 0 fully saturated rings. The lowest BCUT2D eigenvalue weighted by Crippen LogP contribution is -2.31. The van der Waals surface area contributed by atoms with Crippen LogP contribution in [0.3, 0.4) is 0 Å². The zero-order valence-electron chi connectivity index (χ0n) is 9.62. The maximum atomic E-state index is 11.2. The van der Waals surface area contributed by atoms with Gasteiger partial charge in [0.05, 0.1) is 13.5 Å². The van der Waals surface area contributed by atoms with E-state index in [-0.39, 0.29) is 12.4 Å². The number of rotatable bonds is 4. The largest absolute Gasteiger partial charge is 0.487 e. The molecule has 0 unspecified atom stereocenters. The standard InChI is InChI=1S/C12H15BrO3/c1-12(2,8-11(14)15-3)16-10-6-4-9(13)5-7-10/h4-7H,8H2,1-3H3. The van der Waals surface area contributed by atoms with E-state index < -0.39 is 5.60 Å². The van der Waals surface area contributed by atoms with Gasteiger partial charge in [0.25, 0.3) is 0 Å². The average Bonchev–Trinajstić information content (AvgIpc) is 2.20. The van der Waals surface area contributed by atoms with E-state index in [0.29, 0.717) is 0 Å². The molecule has 1 rings (SSSR count). The first-order valence-corrected chi connectivity index (χ1v) is 5.74. The van der Waals surface area contributed by atoms with Crippen molar-refractivity contribution in [2.45, 2.75) is 25.9 Å². The molecular weight excluding hydrogens is 272 g/mol. The quantitative estimate of drug-likeness (QED) is 0.798. The average molecular weight is 287 g/mol. The fourth-order valence-corrected chi connectivity index (χ4v) is 1.54. The highest BCUT2D eigenvalue weighted by Gasteiger charge is 2.24. The van der Waals surface area contributed by atoms with Crippen LogP contribution in [0.4, 0.5) is 0 Å². The molecule has 0 heterocycles. The Bertz CT molecular complexity index is 357. The third-order valence-corrected chi connectivity index (χ3v) is 2.53. The molecule has 0 saturated heterocycles. The van der Waals surface area contributed by atoms with Gasteiger partial charge in [-0.05, 0) is 38.1 Å². The number of benzene rings is 1. The Morgan fingerprint density at radius 3 is 2.38 bits per heavy atom. The Hall–Kier alpha value is -1.03. The molecule has 0 radical (unpaired) electrons. The number of hydrogen-bond acceptors (Lipinski definition) is 3. The van der Waals surface area contributed by atoms with Crippen molar-refractivity contribution in [3.05, 3.63) is 28.7 Å². The SMILES string of the molecule is COC(=O)CC(C)(C)Oc1ccc(Br)cc1. The van der Waals surface area contributed by atoms with Crippen molar-refractivity contribution in [3.63, 3.8) is 0 Å². The Morgan fingerprint density at radius 1 is 1.31 bits per heavy atom. The molecule has 1 aromatic carbocycles. The molecule has 0 bridgehead atoms. The Labute approximate surface area is 104 Å². The van der Waals surface area contributed by atoms with Crippen LogP contribution in [0.2, 0.25) is 0 Å². The smallest absolute Gasteiger partial charge is 0.309 e. The normalized spacial score (nSPS) is 11.0. The molecule has 0 atom stereocenters. The lowest BCUT2D eigenvalue weighted by molar-refractivity contribution is -0.144. The summed E-state index contributed by atoms with van der Waals surface area (Å²) in [6.45, 7) is 3.71. The van der Waals surface area contributed by atoms with Crippen molar-refractivity contribution < 1.29 is 14.3 Å². The van der Waals surface area contributed by atoms with Crippen molar-refractivity contribution in [2.75, 3.05) is 7.11 Å². The monoisotopic (exact) mass is 286 g/mol. The van der Waals surface area contributed by atoms with Crippen LogP contribution in [-0.2, 0) is 9.53 Å². The highest BCUT2D eigenvalue weighted by Crippen LogP contribution is 2.23. The molecule has 0 aromatic heterocycles. The molecule has 3 nitrogen and oxygen atoms in total. The Balaban J connectivity index is 2.64. The summed E-state index contributed by atoms with van der Waals surface area (Å²) < 4.78 is 11.3. The Kier molecular flexibility index (Phi) is 4.35. The summed E-state index contributed by atoms with van der Waals surface area (Å²) in [4.78, 5) is 11.2. The van der Waals surface area contributed by atoms with Crippen LogP contribution in [0.25, 0.3) is 0 Å². The first-order valence-electron chi connectivity index (χ1n) is 4.94. The van der Waals surface area contributed by atoms with E-state index in [1.165, 1.54) is 7.11 Å². The summed E-state index contributed by atoms with van der Waals surface area (Å²) in [6.07, 6.45) is 0.222. The van der Waals surface area contributed by atoms with E-state index in [1.54, 1.807) is 0 Å². The van der Waals surface area contributed by atoms with Gasteiger partial charge in [0, 0.05) is 4.47 Å². The minimum Gasteiger partial charge on any atom is -0.487 e. The number of esters is 1. The first-order chi connectivity index (χ1) is 7.43. The number of methoxy groups -OCH3 is 1. The van der Waals surface area contributed by atoms with Gasteiger partial charge in [-0.15, -0.1) is 0 Å². The van der Waals surface area contributed by atoms with Crippen LogP contribution >= 0.6 is 15.9 Å². The van der Waals surface area contributed by atoms with Gasteiger partial charge < -0.3 is 9.47 Å². The summed E-state index contributed by atoms with van der Waals surface area (Å²) in [5, 5.41) is 0. The topological polar surface area (TPSA) is 35.5 Å². The zero-order chi connectivity index (χ0) is 12.2. The first kappa shape index (κ1) is 13.0. The van der Waals surface area contributed by atoms with E-state index in [4.69, 9.17) is 4.74 Å². The van der Waals surface area contributed by atoms with Crippen LogP contribution in [0.15, 0.2) is 28.7 Å². The van der Waals surface area contributed by atoms with Crippen molar-refractivity contribution in [2.24, 2.45) is 0 Å². The molecule has 0 aliphatic carbocycles.